The van der Waals surface area contributed by atoms with E-state index in [-0.39, 0.29) is 67.7 Å². The van der Waals surface area contributed by atoms with Crippen LogP contribution in [0.5, 0.6) is 0 Å². The molecule has 368 valence electrons. The van der Waals surface area contributed by atoms with Crippen molar-refractivity contribution in [3.63, 3.8) is 0 Å². The van der Waals surface area contributed by atoms with Crippen molar-refractivity contribution >= 4 is 47.9 Å². The van der Waals surface area contributed by atoms with Gasteiger partial charge in [0.25, 0.3) is 0 Å². The molecule has 0 radical (unpaired) electrons. The van der Waals surface area contributed by atoms with Crippen molar-refractivity contribution < 1.29 is 73.5 Å². The van der Waals surface area contributed by atoms with Gasteiger partial charge in [-0.3, -0.25) is 58.2 Å². The van der Waals surface area contributed by atoms with Crippen molar-refractivity contribution in [2.45, 2.75) is 54.0 Å². The Morgan fingerprint density at radius 2 is 0.859 bits per heavy atom. The number of hydrogen-bond donors (Lipinski definition) is 5. The standard InChI is InChI=1S/C20H38N4O6.C19H36N4O5.2CO2/c1-20(2,3)11-16(24(14-18(27)28)15-19(29)30)12-22-7-5-21(4)6-8-23(10-9-22)13-17(25)26;1-19(2,3)16(24)13-22-8-6-20(4)5-7-21(9-11-22)10-12-23(14-17(25)26)15-18(27)28;2*2-1-3/h16H,5-15H2,1-4H3,(H,25,26)(H,27,28)(H,29,30);5-15H2,1-4H3,(H,25,26)(H,27,28);;. The van der Waals surface area contributed by atoms with E-state index in [1.807, 2.05) is 32.7 Å². The van der Waals surface area contributed by atoms with Gasteiger partial charge in [-0.05, 0) is 25.9 Å². The van der Waals surface area contributed by atoms with Crippen LogP contribution >= 0.6 is 0 Å². The largest absolute Gasteiger partial charge is 0.480 e. The fourth-order valence-corrected chi connectivity index (χ4v) is 6.69. The first-order valence-electron chi connectivity index (χ1n) is 21.0. The van der Waals surface area contributed by atoms with Gasteiger partial charge in [-0.1, -0.05) is 41.5 Å². The summed E-state index contributed by atoms with van der Waals surface area (Å²) in [5.41, 5.74) is -0.468. The number of rotatable bonds is 19. The number of carbonyl (C=O) groups is 6. The molecule has 2 saturated heterocycles. The molecule has 23 heteroatoms. The highest BCUT2D eigenvalue weighted by atomic mass is 16.4. The minimum Gasteiger partial charge on any atom is -0.480 e. The lowest BCUT2D eigenvalue weighted by atomic mass is 9.87. The minimum atomic E-state index is -1.05. The zero-order chi connectivity index (χ0) is 49.6. The van der Waals surface area contributed by atoms with Crippen molar-refractivity contribution in [3.8, 4) is 0 Å². The molecule has 0 spiro atoms. The lowest BCUT2D eigenvalue weighted by Crippen LogP contribution is -2.51. The summed E-state index contributed by atoms with van der Waals surface area (Å²) in [5.74, 6) is -4.80. The molecule has 0 amide bonds. The second-order valence-electron chi connectivity index (χ2n) is 18.1. The molecule has 5 N–H and O–H groups in total. The van der Waals surface area contributed by atoms with Gasteiger partial charge in [0.2, 0.25) is 0 Å². The van der Waals surface area contributed by atoms with Crippen LogP contribution in [0.1, 0.15) is 48.0 Å². The van der Waals surface area contributed by atoms with E-state index in [1.165, 1.54) is 9.80 Å². The van der Waals surface area contributed by atoms with E-state index in [0.717, 1.165) is 58.9 Å². The topological polar surface area (TPSA) is 298 Å². The van der Waals surface area contributed by atoms with Crippen LogP contribution in [-0.2, 0) is 47.9 Å². The molecule has 2 rings (SSSR count). The molecule has 2 aliphatic rings. The summed E-state index contributed by atoms with van der Waals surface area (Å²) in [7, 11) is 4.05. The monoisotopic (exact) mass is 919 g/mol. The Morgan fingerprint density at radius 1 is 0.516 bits per heavy atom. The SMILES string of the molecule is CN1CCN(CC(=O)O)CCN(CC(CC(C)(C)C)N(CC(=O)O)CC(=O)O)CC1.CN1CCN(CCN(CC(=O)O)CC(=O)O)CCN(CC(=O)C(C)(C)C)CC1.O=C=O.O=C=O. The fraction of sp³-hybridized carbons (Fsp3) is 0.805. The summed E-state index contributed by atoms with van der Waals surface area (Å²) in [6, 6.07) is -0.240. The van der Waals surface area contributed by atoms with Gasteiger partial charge >= 0.3 is 42.1 Å². The predicted molar refractivity (Wildman–Crippen MR) is 229 cm³/mol. The van der Waals surface area contributed by atoms with Crippen LogP contribution < -0.4 is 0 Å². The third-order valence-corrected chi connectivity index (χ3v) is 10.2. The lowest BCUT2D eigenvalue weighted by molar-refractivity contribution is -0.193. The highest BCUT2D eigenvalue weighted by Crippen LogP contribution is 2.24. The molecule has 23 nitrogen and oxygen atoms in total. The number of hydrogen-bond acceptors (Lipinski definition) is 18. The zero-order valence-electron chi connectivity index (χ0n) is 39.0. The van der Waals surface area contributed by atoms with Crippen molar-refractivity contribution in [2.24, 2.45) is 10.8 Å². The van der Waals surface area contributed by atoms with E-state index in [4.69, 9.17) is 34.5 Å². The van der Waals surface area contributed by atoms with E-state index in [1.54, 1.807) is 0 Å². The van der Waals surface area contributed by atoms with Crippen LogP contribution in [0.25, 0.3) is 0 Å². The van der Waals surface area contributed by atoms with Gasteiger partial charge in [-0.2, -0.15) is 19.2 Å². The van der Waals surface area contributed by atoms with Crippen molar-refractivity contribution in [1.29, 1.82) is 0 Å². The second-order valence-corrected chi connectivity index (χ2v) is 18.1. The molecule has 2 heterocycles. The van der Waals surface area contributed by atoms with Gasteiger partial charge in [-0.15, -0.1) is 0 Å². The molecule has 0 aromatic carbocycles. The summed E-state index contributed by atoms with van der Waals surface area (Å²) in [4.78, 5) is 117. The Bertz CT molecular complexity index is 1450. The molecule has 0 aromatic heterocycles. The van der Waals surface area contributed by atoms with Crippen LogP contribution in [0.4, 0.5) is 0 Å². The number of carboxylic acid groups (broad SMARTS) is 5. The number of likely N-dealkylation sites (N-methyl/N-ethyl adjacent to an activating group) is 2. The Hall–Kier alpha value is -4.54. The smallest absolute Gasteiger partial charge is 0.373 e. The molecular weight excluding hydrogens is 844 g/mol. The zero-order valence-corrected chi connectivity index (χ0v) is 39.0. The van der Waals surface area contributed by atoms with E-state index < -0.39 is 29.8 Å². The number of aliphatic carboxylic acids is 5. The third-order valence-electron chi connectivity index (χ3n) is 10.2. The number of nitrogens with zero attached hydrogens (tertiary/aromatic N) is 8. The molecule has 1 unspecified atom stereocenters. The van der Waals surface area contributed by atoms with Crippen molar-refractivity contribution in [1.82, 2.24) is 39.2 Å². The first kappa shape index (κ1) is 61.5. The quantitative estimate of drug-likeness (QED) is 0.0970. The number of carbonyl (C=O) groups excluding carboxylic acids is 5. The molecule has 0 saturated carbocycles. The normalized spacial score (nSPS) is 17.3. The fourth-order valence-electron chi connectivity index (χ4n) is 6.69. The molecule has 2 aliphatic heterocycles. The summed E-state index contributed by atoms with van der Waals surface area (Å²) in [6.07, 6.45) is 1.15. The van der Waals surface area contributed by atoms with Gasteiger partial charge in [0.15, 0.2) is 5.78 Å². The number of Topliss-reactive ketones (excluding diaryl/α,β-unsaturated/α-hetero) is 1. The Balaban J connectivity index is 0. The molecule has 0 aromatic rings. The third kappa shape index (κ3) is 33.9. The molecular formula is C41H74N8O15. The Kier molecular flexibility index (Phi) is 31.8. The van der Waals surface area contributed by atoms with Crippen molar-refractivity contribution in [2.75, 3.05) is 152 Å². The van der Waals surface area contributed by atoms with Gasteiger partial charge in [0.05, 0.1) is 39.3 Å². The van der Waals surface area contributed by atoms with Crippen LogP contribution in [0.3, 0.4) is 0 Å². The van der Waals surface area contributed by atoms with Crippen LogP contribution in [0, 0.1) is 10.8 Å². The molecule has 1 atom stereocenters. The summed E-state index contributed by atoms with van der Waals surface area (Å²) < 4.78 is 0. The van der Waals surface area contributed by atoms with Gasteiger partial charge in [0, 0.05) is 110 Å². The predicted octanol–water partition coefficient (Wildman–Crippen LogP) is -1.65. The van der Waals surface area contributed by atoms with Crippen molar-refractivity contribution in [3.05, 3.63) is 0 Å². The average Bonchev–Trinajstić information content (AvgIpc) is 3.28. The first-order chi connectivity index (χ1) is 29.6. The Labute approximate surface area is 376 Å². The van der Waals surface area contributed by atoms with Gasteiger partial charge < -0.3 is 35.3 Å². The number of carboxylic acids is 5. The van der Waals surface area contributed by atoms with E-state index >= 15 is 0 Å². The summed E-state index contributed by atoms with van der Waals surface area (Å²) in [6.45, 7) is 21.8. The van der Waals surface area contributed by atoms with Gasteiger partial charge in [0.1, 0.15) is 0 Å². The number of ketones is 1. The molecule has 64 heavy (non-hydrogen) atoms. The maximum atomic E-state index is 12.4. The maximum Gasteiger partial charge on any atom is 0.373 e. The van der Waals surface area contributed by atoms with Gasteiger partial charge in [-0.25, -0.2) is 0 Å². The van der Waals surface area contributed by atoms with Crippen LogP contribution in [0.15, 0.2) is 0 Å². The first-order valence-corrected chi connectivity index (χ1v) is 21.0. The average molecular weight is 919 g/mol. The lowest BCUT2D eigenvalue weighted by Gasteiger charge is -2.37. The minimum absolute atomic E-state index is 0.0166. The summed E-state index contributed by atoms with van der Waals surface area (Å²) in [5, 5.41) is 45.7. The van der Waals surface area contributed by atoms with E-state index in [0.29, 0.717) is 52.2 Å². The highest BCUT2D eigenvalue weighted by molar-refractivity contribution is 5.85. The van der Waals surface area contributed by atoms with Crippen LogP contribution in [0.2, 0.25) is 0 Å². The summed E-state index contributed by atoms with van der Waals surface area (Å²) >= 11 is 0. The Morgan fingerprint density at radius 3 is 1.23 bits per heavy atom. The highest BCUT2D eigenvalue weighted by Gasteiger charge is 2.30. The van der Waals surface area contributed by atoms with E-state index in [2.05, 4.69) is 52.3 Å². The maximum absolute atomic E-state index is 12.4. The van der Waals surface area contributed by atoms with E-state index in [9.17, 15) is 39.0 Å². The molecule has 2 fully saturated rings. The second kappa shape index (κ2) is 33.0. The molecule has 0 aliphatic carbocycles. The molecule has 0 bridgehead atoms. The van der Waals surface area contributed by atoms with Crippen LogP contribution in [-0.4, -0.2) is 270 Å².